The lowest BCUT2D eigenvalue weighted by Gasteiger charge is -2.31. The summed E-state index contributed by atoms with van der Waals surface area (Å²) in [4.78, 5) is 37.2. The molecule has 1 aromatic rings. The van der Waals surface area contributed by atoms with Crippen molar-refractivity contribution in [3.63, 3.8) is 0 Å². The van der Waals surface area contributed by atoms with Crippen molar-refractivity contribution >= 4 is 17.8 Å². The molecule has 0 bridgehead atoms. The molecule has 2 rings (SSSR count). The van der Waals surface area contributed by atoms with Crippen LogP contribution in [0, 0.1) is 19.8 Å². The van der Waals surface area contributed by atoms with Gasteiger partial charge in [0.15, 0.2) is 6.61 Å². The summed E-state index contributed by atoms with van der Waals surface area (Å²) in [5.74, 6) is -1.50. The minimum absolute atomic E-state index is 0.293. The van der Waals surface area contributed by atoms with E-state index in [1.54, 1.807) is 11.0 Å². The van der Waals surface area contributed by atoms with E-state index in [9.17, 15) is 14.4 Å². The van der Waals surface area contributed by atoms with Crippen LogP contribution in [0.15, 0.2) is 6.07 Å². The second-order valence-corrected chi connectivity index (χ2v) is 6.19. The van der Waals surface area contributed by atoms with Gasteiger partial charge in [-0.2, -0.15) is 0 Å². The topological polar surface area (TPSA) is 94.6 Å². The van der Waals surface area contributed by atoms with Crippen molar-refractivity contribution in [3.8, 4) is 0 Å². The number of amides is 2. The van der Waals surface area contributed by atoms with Gasteiger partial charge < -0.3 is 19.9 Å². The zero-order valence-corrected chi connectivity index (χ0v) is 14.5. The van der Waals surface area contributed by atoms with Crippen molar-refractivity contribution in [2.45, 2.75) is 40.2 Å². The molecule has 24 heavy (non-hydrogen) atoms. The van der Waals surface area contributed by atoms with Gasteiger partial charge in [0.1, 0.15) is 0 Å². The Morgan fingerprint density at radius 2 is 2.04 bits per heavy atom. The van der Waals surface area contributed by atoms with Crippen LogP contribution < -0.4 is 5.73 Å². The van der Waals surface area contributed by atoms with E-state index in [0.29, 0.717) is 25.1 Å². The molecule has 0 aliphatic carbocycles. The molecule has 132 valence electrons. The molecule has 1 saturated heterocycles. The molecule has 2 amide bonds. The second-order valence-electron chi connectivity index (χ2n) is 6.19. The van der Waals surface area contributed by atoms with Crippen LogP contribution in [0.1, 0.15) is 41.5 Å². The molecule has 1 atom stereocenters. The summed E-state index contributed by atoms with van der Waals surface area (Å²) in [6.45, 7) is 7.10. The van der Waals surface area contributed by atoms with E-state index in [4.69, 9.17) is 10.5 Å². The van der Waals surface area contributed by atoms with Gasteiger partial charge in [-0.1, -0.05) is 0 Å². The van der Waals surface area contributed by atoms with Gasteiger partial charge in [-0.15, -0.1) is 0 Å². The number of esters is 1. The normalized spacial score (nSPS) is 17.6. The van der Waals surface area contributed by atoms with E-state index in [0.717, 1.165) is 24.4 Å². The Balaban J connectivity index is 1.94. The van der Waals surface area contributed by atoms with Crippen molar-refractivity contribution in [2.24, 2.45) is 11.7 Å². The molecule has 2 N–H and O–H groups in total. The summed E-state index contributed by atoms with van der Waals surface area (Å²) >= 11 is 0. The number of aryl methyl sites for hydroxylation is 1. The van der Waals surface area contributed by atoms with Gasteiger partial charge in [-0.25, -0.2) is 4.79 Å². The molecule has 7 nitrogen and oxygen atoms in total. The van der Waals surface area contributed by atoms with Gasteiger partial charge in [-0.05, 0) is 39.7 Å². The molecular formula is C17H25N3O4. The molecule has 1 aliphatic heterocycles. The molecule has 1 aliphatic rings. The summed E-state index contributed by atoms with van der Waals surface area (Å²) in [6.07, 6.45) is 1.42. The number of nitrogens with zero attached hydrogens (tertiary/aromatic N) is 2. The van der Waals surface area contributed by atoms with Crippen molar-refractivity contribution in [1.29, 1.82) is 0 Å². The first-order valence-electron chi connectivity index (χ1n) is 8.26. The Morgan fingerprint density at radius 3 is 2.62 bits per heavy atom. The summed E-state index contributed by atoms with van der Waals surface area (Å²) in [7, 11) is 0. The summed E-state index contributed by atoms with van der Waals surface area (Å²) in [5.41, 5.74) is 7.60. The van der Waals surface area contributed by atoms with E-state index in [2.05, 4.69) is 0 Å². The van der Waals surface area contributed by atoms with Crippen LogP contribution in [0.5, 0.6) is 0 Å². The number of carbonyl (C=O) groups excluding carboxylic acids is 3. The van der Waals surface area contributed by atoms with E-state index in [1.807, 2.05) is 25.3 Å². The minimum atomic E-state index is -0.500. The highest BCUT2D eigenvalue weighted by molar-refractivity contribution is 5.92. The minimum Gasteiger partial charge on any atom is -0.452 e. The number of likely N-dealkylation sites (tertiary alicyclic amines) is 1. The zero-order chi connectivity index (χ0) is 17.9. The summed E-state index contributed by atoms with van der Waals surface area (Å²) in [5, 5.41) is 0. The number of ether oxygens (including phenoxy) is 1. The van der Waals surface area contributed by atoms with Gasteiger partial charge in [0.2, 0.25) is 5.91 Å². The van der Waals surface area contributed by atoms with E-state index < -0.39 is 11.9 Å². The lowest BCUT2D eigenvalue weighted by molar-refractivity contribution is -0.137. The van der Waals surface area contributed by atoms with Gasteiger partial charge in [0.05, 0.1) is 11.5 Å². The molecule has 1 fully saturated rings. The van der Waals surface area contributed by atoms with Crippen molar-refractivity contribution in [3.05, 3.63) is 23.0 Å². The first-order chi connectivity index (χ1) is 11.3. The monoisotopic (exact) mass is 335 g/mol. The largest absolute Gasteiger partial charge is 0.452 e. The summed E-state index contributed by atoms with van der Waals surface area (Å²) < 4.78 is 7.19. The fourth-order valence-corrected chi connectivity index (χ4v) is 3.23. The average molecular weight is 335 g/mol. The number of rotatable bonds is 5. The van der Waals surface area contributed by atoms with Crippen molar-refractivity contribution in [1.82, 2.24) is 9.47 Å². The third-order valence-corrected chi connectivity index (χ3v) is 4.61. The van der Waals surface area contributed by atoms with Crippen LogP contribution in [0.2, 0.25) is 0 Å². The maximum Gasteiger partial charge on any atom is 0.340 e. The maximum absolute atomic E-state index is 12.2. The third kappa shape index (κ3) is 3.77. The molecule has 2 heterocycles. The fourth-order valence-electron chi connectivity index (χ4n) is 3.23. The molecule has 1 aromatic heterocycles. The number of hydrogen-bond donors (Lipinski definition) is 1. The van der Waals surface area contributed by atoms with Gasteiger partial charge in [0, 0.05) is 31.0 Å². The Labute approximate surface area is 141 Å². The molecule has 0 spiro atoms. The molecule has 0 aromatic carbocycles. The SMILES string of the molecule is CCn1c(C)cc(C(=O)OCC(=O)N2CCC[C@H](C(N)=O)C2)c1C. The predicted octanol–water partition coefficient (Wildman–Crippen LogP) is 1.01. The highest BCUT2D eigenvalue weighted by atomic mass is 16.5. The number of hydrogen-bond acceptors (Lipinski definition) is 4. The zero-order valence-electron chi connectivity index (χ0n) is 14.5. The van der Waals surface area contributed by atoms with Crippen LogP contribution in [-0.4, -0.2) is 46.9 Å². The molecule has 7 heteroatoms. The number of aromatic nitrogens is 1. The average Bonchev–Trinajstić information content (AvgIpc) is 2.86. The molecular weight excluding hydrogens is 310 g/mol. The fraction of sp³-hybridized carbons (Fsp3) is 0.588. The Bertz CT molecular complexity index is 651. The molecule has 0 unspecified atom stereocenters. The lowest BCUT2D eigenvalue weighted by Crippen LogP contribution is -2.45. The highest BCUT2D eigenvalue weighted by Crippen LogP contribution is 2.18. The van der Waals surface area contributed by atoms with Gasteiger partial charge in [-0.3, -0.25) is 9.59 Å². The van der Waals surface area contributed by atoms with Crippen molar-refractivity contribution in [2.75, 3.05) is 19.7 Å². The Hall–Kier alpha value is -2.31. The predicted molar refractivity (Wildman–Crippen MR) is 88.4 cm³/mol. The number of carbonyl (C=O) groups is 3. The van der Waals surface area contributed by atoms with Crippen LogP contribution in [0.25, 0.3) is 0 Å². The molecule has 0 saturated carbocycles. The highest BCUT2D eigenvalue weighted by Gasteiger charge is 2.27. The van der Waals surface area contributed by atoms with E-state index in [1.165, 1.54) is 0 Å². The first kappa shape index (κ1) is 18.0. The third-order valence-electron chi connectivity index (χ3n) is 4.61. The maximum atomic E-state index is 12.2. The van der Waals surface area contributed by atoms with E-state index >= 15 is 0 Å². The Morgan fingerprint density at radius 1 is 1.33 bits per heavy atom. The first-order valence-corrected chi connectivity index (χ1v) is 8.26. The Kier molecular flexibility index (Phi) is 5.64. The lowest BCUT2D eigenvalue weighted by atomic mass is 9.97. The molecule has 0 radical (unpaired) electrons. The van der Waals surface area contributed by atoms with Crippen LogP contribution >= 0.6 is 0 Å². The van der Waals surface area contributed by atoms with Gasteiger partial charge in [0.25, 0.3) is 5.91 Å². The van der Waals surface area contributed by atoms with Gasteiger partial charge >= 0.3 is 5.97 Å². The van der Waals surface area contributed by atoms with E-state index in [-0.39, 0.29) is 18.4 Å². The van der Waals surface area contributed by atoms with Crippen molar-refractivity contribution < 1.29 is 19.1 Å². The van der Waals surface area contributed by atoms with Crippen LogP contribution in [0.3, 0.4) is 0 Å². The quantitative estimate of drug-likeness (QED) is 0.812. The number of primary amides is 1. The van der Waals surface area contributed by atoms with Crippen LogP contribution in [0.4, 0.5) is 0 Å². The van der Waals surface area contributed by atoms with Crippen LogP contribution in [-0.2, 0) is 20.9 Å². The second kappa shape index (κ2) is 7.51. The number of piperidine rings is 1. The smallest absolute Gasteiger partial charge is 0.340 e. The summed E-state index contributed by atoms with van der Waals surface area (Å²) in [6, 6.07) is 1.77. The number of nitrogens with two attached hydrogens (primary N) is 1. The standard InChI is InChI=1S/C17H25N3O4/c1-4-20-11(2)8-14(12(20)3)17(23)24-10-15(21)19-7-5-6-13(9-19)16(18)22/h8,13H,4-7,9-10H2,1-3H3,(H2,18,22)/t13-/m0/s1.